The van der Waals surface area contributed by atoms with Crippen molar-refractivity contribution in [1.29, 1.82) is 0 Å². The lowest BCUT2D eigenvalue weighted by Gasteiger charge is -2.29. The van der Waals surface area contributed by atoms with Gasteiger partial charge in [0, 0.05) is 6.42 Å². The molecule has 86 heavy (non-hydrogen) atoms. The lowest BCUT2D eigenvalue weighted by molar-refractivity contribution is -0.870. The minimum absolute atomic E-state index is 0.00107. The quantitative estimate of drug-likeness (QED) is 0.0272. The molecule has 0 rings (SSSR count). The van der Waals surface area contributed by atoms with Crippen molar-refractivity contribution >= 4 is 13.7 Å². The lowest BCUT2D eigenvalue weighted by atomic mass is 10.0. The summed E-state index contributed by atoms with van der Waals surface area (Å²) in [6.45, 7) is 4.58. The molecule has 0 aliphatic heterocycles. The van der Waals surface area contributed by atoms with Crippen LogP contribution in [0.25, 0.3) is 0 Å². The van der Waals surface area contributed by atoms with Crippen LogP contribution in [-0.2, 0) is 18.4 Å². The summed E-state index contributed by atoms with van der Waals surface area (Å²) in [5, 5.41) is 14.0. The van der Waals surface area contributed by atoms with Gasteiger partial charge in [0.05, 0.1) is 39.9 Å². The average molecular weight is 1220 g/mol. The third-order valence-corrected chi connectivity index (χ3v) is 17.6. The average Bonchev–Trinajstić information content (AvgIpc) is 3.70. The van der Waals surface area contributed by atoms with Gasteiger partial charge in [-0.15, -0.1) is 0 Å². The van der Waals surface area contributed by atoms with E-state index in [1.165, 1.54) is 250 Å². The highest BCUT2D eigenvalue weighted by molar-refractivity contribution is 7.45. The topological polar surface area (TPSA) is 108 Å². The summed E-state index contributed by atoms with van der Waals surface area (Å²) in [5.41, 5.74) is 0. The summed E-state index contributed by atoms with van der Waals surface area (Å²) in [5.74, 6) is -0.192. The zero-order chi connectivity index (χ0) is 62.6. The number of hydrogen-bond acceptors (Lipinski definition) is 6. The van der Waals surface area contributed by atoms with Gasteiger partial charge in [0.1, 0.15) is 13.2 Å². The second-order valence-corrected chi connectivity index (χ2v) is 27.7. The Bertz CT molecular complexity index is 1680. The van der Waals surface area contributed by atoms with Gasteiger partial charge in [-0.25, -0.2) is 0 Å². The Morgan fingerprint density at radius 2 is 0.709 bits per heavy atom. The molecule has 8 nitrogen and oxygen atoms in total. The number of allylic oxidation sites excluding steroid dienone is 13. The van der Waals surface area contributed by atoms with Crippen molar-refractivity contribution in [3.05, 3.63) is 85.1 Å². The zero-order valence-corrected chi connectivity index (χ0v) is 58.4. The number of phosphoric ester groups is 1. The van der Waals surface area contributed by atoms with Gasteiger partial charge in [0.2, 0.25) is 5.91 Å². The van der Waals surface area contributed by atoms with Crippen LogP contribution in [0.15, 0.2) is 85.1 Å². The van der Waals surface area contributed by atoms with Crippen molar-refractivity contribution < 1.29 is 32.9 Å². The first-order chi connectivity index (χ1) is 42.0. The lowest BCUT2D eigenvalue weighted by Crippen LogP contribution is -2.45. The van der Waals surface area contributed by atoms with E-state index in [0.717, 1.165) is 77.0 Å². The molecular formula is C77H143N2O6P. The third-order valence-electron chi connectivity index (χ3n) is 16.6. The van der Waals surface area contributed by atoms with Crippen molar-refractivity contribution in [2.45, 2.75) is 360 Å². The van der Waals surface area contributed by atoms with Crippen LogP contribution in [0, 0.1) is 0 Å². The van der Waals surface area contributed by atoms with Gasteiger partial charge < -0.3 is 28.8 Å². The predicted octanol–water partition coefficient (Wildman–Crippen LogP) is 23.3. The second-order valence-electron chi connectivity index (χ2n) is 26.3. The second kappa shape index (κ2) is 67.1. The van der Waals surface area contributed by atoms with E-state index in [1.807, 2.05) is 27.2 Å². The molecule has 9 heteroatoms. The molecule has 0 aromatic carbocycles. The number of nitrogens with zero attached hydrogens (tertiary/aromatic N) is 1. The molecule has 0 aliphatic rings. The number of carbonyl (C=O) groups is 1. The third kappa shape index (κ3) is 69.2. The summed E-state index contributed by atoms with van der Waals surface area (Å²) >= 11 is 0. The van der Waals surface area contributed by atoms with Crippen LogP contribution in [0.2, 0.25) is 0 Å². The van der Waals surface area contributed by atoms with E-state index < -0.39 is 20.0 Å². The predicted molar refractivity (Wildman–Crippen MR) is 376 cm³/mol. The number of carbonyl (C=O) groups excluding carboxylic acids is 1. The van der Waals surface area contributed by atoms with Gasteiger partial charge in [0.25, 0.3) is 7.82 Å². The van der Waals surface area contributed by atoms with E-state index in [-0.39, 0.29) is 19.1 Å². The first-order valence-corrected chi connectivity index (χ1v) is 38.4. The molecule has 0 saturated carbocycles. The van der Waals surface area contributed by atoms with E-state index in [1.54, 1.807) is 6.08 Å². The molecular weight excluding hydrogens is 1080 g/mol. The molecule has 3 unspecified atom stereocenters. The molecule has 2 N–H and O–H groups in total. The molecule has 3 atom stereocenters. The highest BCUT2D eigenvalue weighted by Gasteiger charge is 2.23. The summed E-state index contributed by atoms with van der Waals surface area (Å²) in [7, 11) is 1.27. The van der Waals surface area contributed by atoms with E-state index in [9.17, 15) is 19.4 Å². The molecule has 0 aromatic rings. The molecule has 0 aromatic heterocycles. The van der Waals surface area contributed by atoms with Gasteiger partial charge in [0.15, 0.2) is 0 Å². The highest BCUT2D eigenvalue weighted by atomic mass is 31.2. The van der Waals surface area contributed by atoms with Crippen LogP contribution in [-0.4, -0.2) is 68.5 Å². The molecule has 1 amide bonds. The maximum absolute atomic E-state index is 13.1. The zero-order valence-electron chi connectivity index (χ0n) is 57.5. The molecule has 0 heterocycles. The summed E-state index contributed by atoms with van der Waals surface area (Å²) in [6.07, 6.45) is 95.7. The van der Waals surface area contributed by atoms with Gasteiger partial charge in [-0.1, -0.05) is 356 Å². The number of quaternary nitrogens is 1. The molecule has 0 aliphatic carbocycles. The van der Waals surface area contributed by atoms with Crippen LogP contribution < -0.4 is 10.2 Å². The summed E-state index contributed by atoms with van der Waals surface area (Å²) in [6, 6.07) is -0.890. The van der Waals surface area contributed by atoms with Crippen molar-refractivity contribution in [3.63, 3.8) is 0 Å². The number of nitrogens with one attached hydrogen (secondary N) is 1. The van der Waals surface area contributed by atoms with Gasteiger partial charge in [-0.2, -0.15) is 0 Å². The van der Waals surface area contributed by atoms with Crippen LogP contribution in [0.1, 0.15) is 348 Å². The Kier molecular flexibility index (Phi) is 65.3. The number of aliphatic hydroxyl groups is 1. The maximum Gasteiger partial charge on any atom is 0.268 e. The SMILES string of the molecule is CC/C=C\C/C=C\C/C=C\C/C=C\C/C=C\C/C=C\CCCCCCCCCCCCCCCCCCCCCCC(=O)NC(COP(=O)([O-])OCC[N+](C)(C)C)C(O)/C=C/CCCCCCCCCCCCCCCCCCCCCCCCC. The van der Waals surface area contributed by atoms with Crippen molar-refractivity contribution in [2.75, 3.05) is 40.9 Å². The monoisotopic (exact) mass is 1220 g/mol. The Balaban J connectivity index is 3.99. The number of amides is 1. The minimum Gasteiger partial charge on any atom is -0.756 e. The number of unbranched alkanes of at least 4 members (excludes halogenated alkanes) is 43. The van der Waals surface area contributed by atoms with Crippen molar-refractivity contribution in [3.8, 4) is 0 Å². The van der Waals surface area contributed by atoms with Crippen molar-refractivity contribution in [1.82, 2.24) is 5.32 Å². The first kappa shape index (κ1) is 83.7. The number of hydrogen-bond donors (Lipinski definition) is 2. The Morgan fingerprint density at radius 3 is 1.03 bits per heavy atom. The number of rotatable bonds is 68. The molecule has 0 fully saturated rings. The van der Waals surface area contributed by atoms with E-state index in [0.29, 0.717) is 17.4 Å². The molecule has 502 valence electrons. The Morgan fingerprint density at radius 1 is 0.419 bits per heavy atom. The fraction of sp³-hybridized carbons (Fsp3) is 0.805. The van der Waals surface area contributed by atoms with E-state index in [2.05, 4.69) is 92.1 Å². The fourth-order valence-electron chi connectivity index (χ4n) is 10.9. The minimum atomic E-state index is -4.61. The normalized spacial score (nSPS) is 14.1. The smallest absolute Gasteiger partial charge is 0.268 e. The number of aliphatic hydroxyl groups excluding tert-OH is 1. The number of likely N-dealkylation sites (N-methyl/N-ethyl adjacent to an activating group) is 1. The van der Waals surface area contributed by atoms with Crippen LogP contribution >= 0.6 is 7.82 Å². The molecule has 0 bridgehead atoms. The van der Waals surface area contributed by atoms with Crippen molar-refractivity contribution in [2.24, 2.45) is 0 Å². The van der Waals surface area contributed by atoms with Crippen LogP contribution in [0.4, 0.5) is 0 Å². The largest absolute Gasteiger partial charge is 0.756 e. The summed E-state index contributed by atoms with van der Waals surface area (Å²) in [4.78, 5) is 25.7. The molecule has 0 spiro atoms. The maximum atomic E-state index is 13.1. The molecule has 0 saturated heterocycles. The van der Waals surface area contributed by atoms with Gasteiger partial charge in [-0.05, 0) is 70.6 Å². The molecule has 0 radical (unpaired) electrons. The Hall–Kier alpha value is -2.32. The first-order valence-electron chi connectivity index (χ1n) is 36.9. The Labute approximate surface area is 535 Å². The standard InChI is InChI=1S/C77H143N2O6P/c1-6-8-10-12-14-16-18-20-22-24-26-28-30-32-33-34-35-36-37-38-39-40-41-42-43-44-45-47-49-51-53-55-57-59-61-63-65-67-69-71-77(81)78-75(74-85-86(82,83)84-73-72-79(3,4)5)76(80)70-68-66-64-62-60-58-56-54-52-50-48-46-31-29-27-25-23-21-19-17-15-13-11-9-7-2/h8,10,14,16,20,22,26,28,32-33,35-36,68,70,75-76,80H,6-7,9,11-13,15,17-19,21,23-25,27,29-31,34,37-67,69,71-74H2,1-5H3,(H-,78,81,82,83)/b10-8-,16-14-,22-20-,28-26-,33-32-,36-35-,70-68+. The van der Waals surface area contributed by atoms with Crippen LogP contribution in [0.5, 0.6) is 0 Å². The fourth-order valence-corrected chi connectivity index (χ4v) is 11.6. The van der Waals surface area contributed by atoms with Gasteiger partial charge >= 0.3 is 0 Å². The van der Waals surface area contributed by atoms with E-state index in [4.69, 9.17) is 9.05 Å². The van der Waals surface area contributed by atoms with Crippen LogP contribution in [0.3, 0.4) is 0 Å². The summed E-state index contributed by atoms with van der Waals surface area (Å²) < 4.78 is 23.5. The highest BCUT2D eigenvalue weighted by Crippen LogP contribution is 2.38. The van der Waals surface area contributed by atoms with Gasteiger partial charge in [-0.3, -0.25) is 9.36 Å². The number of phosphoric acid groups is 1. The van der Waals surface area contributed by atoms with E-state index >= 15 is 0 Å².